The number of anilines is 1. The molecule has 0 unspecified atom stereocenters. The molecule has 0 saturated heterocycles. The Balaban J connectivity index is 1.99. The van der Waals surface area contributed by atoms with E-state index in [0.717, 1.165) is 10.8 Å². The molecule has 0 fully saturated rings. The molecule has 0 spiro atoms. The van der Waals surface area contributed by atoms with Crippen molar-refractivity contribution in [1.29, 1.82) is 0 Å². The number of hydrogen-bond acceptors (Lipinski definition) is 2. The lowest BCUT2D eigenvalue weighted by atomic mass is 10.1. The van der Waals surface area contributed by atoms with Gasteiger partial charge >= 0.3 is 0 Å². The van der Waals surface area contributed by atoms with Crippen LogP contribution >= 0.6 is 11.6 Å². The van der Waals surface area contributed by atoms with Crippen LogP contribution in [0.25, 0.3) is 10.8 Å². The first-order chi connectivity index (χ1) is 9.75. The molecule has 1 N–H and O–H groups in total. The van der Waals surface area contributed by atoms with E-state index in [-0.39, 0.29) is 5.91 Å². The van der Waals surface area contributed by atoms with E-state index in [1.165, 1.54) is 0 Å². The molecule has 4 heteroatoms. The third-order valence-corrected chi connectivity index (χ3v) is 3.38. The van der Waals surface area contributed by atoms with E-state index in [1.807, 2.05) is 30.3 Å². The summed E-state index contributed by atoms with van der Waals surface area (Å²) in [7, 11) is 0. The maximum atomic E-state index is 12.4. The smallest absolute Gasteiger partial charge is 0.256 e. The van der Waals surface area contributed by atoms with Crippen LogP contribution in [0, 0.1) is 0 Å². The summed E-state index contributed by atoms with van der Waals surface area (Å²) >= 11 is 6.05. The fraction of sp³-hybridized carbons (Fsp3) is 0. The second kappa shape index (κ2) is 5.31. The van der Waals surface area contributed by atoms with Crippen LogP contribution in [-0.4, -0.2) is 10.9 Å². The third-order valence-electron chi connectivity index (χ3n) is 3.05. The minimum absolute atomic E-state index is 0.197. The Labute approximate surface area is 121 Å². The third kappa shape index (κ3) is 2.36. The van der Waals surface area contributed by atoms with Gasteiger partial charge in [0.2, 0.25) is 0 Å². The predicted molar refractivity (Wildman–Crippen MR) is 81.1 cm³/mol. The fourth-order valence-electron chi connectivity index (χ4n) is 2.06. The van der Waals surface area contributed by atoms with E-state index in [1.54, 1.807) is 30.6 Å². The molecule has 3 aromatic rings. The van der Waals surface area contributed by atoms with Crippen molar-refractivity contribution < 1.29 is 4.79 Å². The monoisotopic (exact) mass is 282 g/mol. The molecule has 0 aliphatic carbocycles. The molecule has 0 atom stereocenters. The van der Waals surface area contributed by atoms with Gasteiger partial charge in [-0.25, -0.2) is 0 Å². The average Bonchev–Trinajstić information content (AvgIpc) is 2.49. The minimum atomic E-state index is -0.197. The van der Waals surface area contributed by atoms with Crippen molar-refractivity contribution in [2.75, 3.05) is 5.32 Å². The first-order valence-electron chi connectivity index (χ1n) is 6.14. The van der Waals surface area contributed by atoms with Crippen molar-refractivity contribution >= 4 is 34.0 Å². The van der Waals surface area contributed by atoms with Gasteiger partial charge in [-0.15, -0.1) is 0 Å². The molecule has 0 aliphatic heterocycles. The van der Waals surface area contributed by atoms with Crippen LogP contribution in [0.1, 0.15) is 10.4 Å². The zero-order valence-electron chi connectivity index (χ0n) is 10.5. The highest BCUT2D eigenvalue weighted by Gasteiger charge is 2.11. The SMILES string of the molecule is O=C(Nc1ccccc1Cl)c1cccc2ccncc12. The lowest BCUT2D eigenvalue weighted by Gasteiger charge is -2.09. The van der Waals surface area contributed by atoms with Crippen molar-refractivity contribution in [3.63, 3.8) is 0 Å². The fourth-order valence-corrected chi connectivity index (χ4v) is 2.25. The quantitative estimate of drug-likeness (QED) is 0.767. The number of fused-ring (bicyclic) bond motifs is 1. The molecule has 1 aromatic heterocycles. The van der Waals surface area contributed by atoms with Gasteiger partial charge in [0.05, 0.1) is 10.7 Å². The molecule has 0 bridgehead atoms. The number of halogens is 1. The van der Waals surface area contributed by atoms with Crippen molar-refractivity contribution in [3.05, 3.63) is 71.5 Å². The maximum absolute atomic E-state index is 12.4. The standard InChI is InChI=1S/C16H11ClN2O/c17-14-6-1-2-7-15(14)19-16(20)12-5-3-4-11-8-9-18-10-13(11)12/h1-10H,(H,19,20). The van der Waals surface area contributed by atoms with Crippen LogP contribution in [0.5, 0.6) is 0 Å². The summed E-state index contributed by atoms with van der Waals surface area (Å²) in [5.41, 5.74) is 1.18. The average molecular weight is 283 g/mol. The highest BCUT2D eigenvalue weighted by Crippen LogP contribution is 2.23. The van der Waals surface area contributed by atoms with Crippen LogP contribution in [0.4, 0.5) is 5.69 Å². The second-order valence-electron chi connectivity index (χ2n) is 4.34. The molecule has 0 aliphatic rings. The Bertz CT molecular complexity index is 781. The highest BCUT2D eigenvalue weighted by atomic mass is 35.5. The number of hydrogen-bond donors (Lipinski definition) is 1. The number of nitrogens with one attached hydrogen (secondary N) is 1. The summed E-state index contributed by atoms with van der Waals surface area (Å²) in [5.74, 6) is -0.197. The van der Waals surface area contributed by atoms with Crippen molar-refractivity contribution in [1.82, 2.24) is 4.98 Å². The topological polar surface area (TPSA) is 42.0 Å². The Hall–Kier alpha value is -2.39. The number of aromatic nitrogens is 1. The van der Waals surface area contributed by atoms with Gasteiger partial charge in [0, 0.05) is 23.3 Å². The second-order valence-corrected chi connectivity index (χ2v) is 4.74. The van der Waals surface area contributed by atoms with Crippen LogP contribution in [0.15, 0.2) is 60.9 Å². The van der Waals surface area contributed by atoms with E-state index in [9.17, 15) is 4.79 Å². The van der Waals surface area contributed by atoms with Gasteiger partial charge in [-0.2, -0.15) is 0 Å². The number of carbonyl (C=O) groups excluding carboxylic acids is 1. The van der Waals surface area contributed by atoms with Crippen molar-refractivity contribution in [2.24, 2.45) is 0 Å². The molecular weight excluding hydrogens is 272 g/mol. The summed E-state index contributed by atoms with van der Waals surface area (Å²) < 4.78 is 0. The summed E-state index contributed by atoms with van der Waals surface area (Å²) in [6.45, 7) is 0. The van der Waals surface area contributed by atoms with Crippen molar-refractivity contribution in [3.8, 4) is 0 Å². The van der Waals surface area contributed by atoms with Gasteiger partial charge in [-0.1, -0.05) is 35.9 Å². The summed E-state index contributed by atoms with van der Waals surface area (Å²) in [6, 6.07) is 14.6. The summed E-state index contributed by atoms with van der Waals surface area (Å²) in [6.07, 6.45) is 3.40. The van der Waals surface area contributed by atoms with Crippen LogP contribution in [0.2, 0.25) is 5.02 Å². The van der Waals surface area contributed by atoms with E-state index >= 15 is 0 Å². The number of nitrogens with zero attached hydrogens (tertiary/aromatic N) is 1. The zero-order valence-corrected chi connectivity index (χ0v) is 11.3. The Morgan fingerprint density at radius 3 is 2.75 bits per heavy atom. The normalized spacial score (nSPS) is 10.4. The molecular formula is C16H11ClN2O. The lowest BCUT2D eigenvalue weighted by Crippen LogP contribution is -2.12. The van der Waals surface area contributed by atoms with Crippen molar-refractivity contribution in [2.45, 2.75) is 0 Å². The van der Waals surface area contributed by atoms with Gasteiger partial charge < -0.3 is 5.32 Å². The van der Waals surface area contributed by atoms with E-state index in [4.69, 9.17) is 11.6 Å². The molecule has 0 saturated carbocycles. The van der Waals surface area contributed by atoms with E-state index in [0.29, 0.717) is 16.3 Å². The molecule has 1 heterocycles. The summed E-state index contributed by atoms with van der Waals surface area (Å²) in [5, 5.41) is 5.13. The molecule has 3 rings (SSSR count). The predicted octanol–water partition coefficient (Wildman–Crippen LogP) is 4.14. The van der Waals surface area contributed by atoms with Crippen LogP contribution in [-0.2, 0) is 0 Å². The first-order valence-corrected chi connectivity index (χ1v) is 6.52. The van der Waals surface area contributed by atoms with Crippen LogP contribution in [0.3, 0.4) is 0 Å². The zero-order chi connectivity index (χ0) is 13.9. The van der Waals surface area contributed by atoms with Gasteiger partial charge in [0.1, 0.15) is 0 Å². The van der Waals surface area contributed by atoms with E-state index < -0.39 is 0 Å². The molecule has 0 radical (unpaired) electrons. The highest BCUT2D eigenvalue weighted by molar-refractivity contribution is 6.34. The van der Waals surface area contributed by atoms with Gasteiger partial charge in [0.15, 0.2) is 0 Å². The number of para-hydroxylation sites is 1. The number of benzene rings is 2. The molecule has 20 heavy (non-hydrogen) atoms. The number of rotatable bonds is 2. The number of carbonyl (C=O) groups is 1. The van der Waals surface area contributed by atoms with Gasteiger partial charge in [0.25, 0.3) is 5.91 Å². The number of amides is 1. The first kappa shape index (κ1) is 12.6. The van der Waals surface area contributed by atoms with Gasteiger partial charge in [-0.3, -0.25) is 9.78 Å². The Kier molecular flexibility index (Phi) is 3.35. The summed E-state index contributed by atoms with van der Waals surface area (Å²) in [4.78, 5) is 16.5. The molecule has 1 amide bonds. The lowest BCUT2D eigenvalue weighted by molar-refractivity contribution is 0.102. The van der Waals surface area contributed by atoms with Gasteiger partial charge in [-0.05, 0) is 29.7 Å². The van der Waals surface area contributed by atoms with Crippen LogP contribution < -0.4 is 5.32 Å². The minimum Gasteiger partial charge on any atom is -0.321 e. The molecule has 98 valence electrons. The van der Waals surface area contributed by atoms with E-state index in [2.05, 4.69) is 10.3 Å². The largest absolute Gasteiger partial charge is 0.321 e. The Morgan fingerprint density at radius 2 is 1.90 bits per heavy atom. The maximum Gasteiger partial charge on any atom is 0.256 e. The molecule has 3 nitrogen and oxygen atoms in total. The number of pyridine rings is 1. The molecule has 2 aromatic carbocycles. The Morgan fingerprint density at radius 1 is 1.05 bits per heavy atom.